The number of fused-ring (bicyclic) bond motifs is 2. The zero-order valence-electron chi connectivity index (χ0n) is 13.7. The minimum Gasteiger partial charge on any atom is -0.428 e. The number of hydrogen-bond acceptors (Lipinski definition) is 5. The van der Waals surface area contributed by atoms with Crippen molar-refractivity contribution in [3.8, 4) is 5.75 Å². The Balaban J connectivity index is 2.02. The number of ether oxygens (including phenoxy) is 1. The van der Waals surface area contributed by atoms with Gasteiger partial charge >= 0.3 is 11.6 Å². The monoisotopic (exact) mass is 337 g/mol. The number of pyridine rings is 1. The summed E-state index contributed by atoms with van der Waals surface area (Å²) in [6.07, 6.45) is -0.0750. The summed E-state index contributed by atoms with van der Waals surface area (Å²) in [5.74, 6) is -0.636. The van der Waals surface area contributed by atoms with Crippen molar-refractivity contribution in [3.63, 3.8) is 0 Å². The van der Waals surface area contributed by atoms with E-state index in [0.717, 1.165) is 10.9 Å². The van der Waals surface area contributed by atoms with Gasteiger partial charge in [0, 0.05) is 24.6 Å². The van der Waals surface area contributed by atoms with Gasteiger partial charge in [0.2, 0.25) is 0 Å². The zero-order valence-corrected chi connectivity index (χ0v) is 13.7. The van der Waals surface area contributed by atoms with Gasteiger partial charge in [-0.2, -0.15) is 0 Å². The largest absolute Gasteiger partial charge is 0.428 e. The van der Waals surface area contributed by atoms with Gasteiger partial charge in [0.05, 0.1) is 17.5 Å². The molecule has 0 N–H and O–H groups in total. The van der Waals surface area contributed by atoms with E-state index in [1.807, 2.05) is 24.3 Å². The Morgan fingerprint density at radius 1 is 1.12 bits per heavy atom. The minimum absolute atomic E-state index is 0.0750. The molecule has 4 rings (SSSR count). The maximum Gasteiger partial charge on any atom is 0.343 e. The molecule has 0 amide bonds. The van der Waals surface area contributed by atoms with Crippen LogP contribution in [0.15, 0.2) is 50.4 Å². The van der Waals surface area contributed by atoms with Crippen LogP contribution in [0, 0.1) is 6.92 Å². The molecule has 1 atom stereocenters. The number of nitrogens with zero attached hydrogens (tertiary/aromatic N) is 1. The van der Waals surface area contributed by atoms with Gasteiger partial charge in [0.1, 0.15) is 11.5 Å². The highest BCUT2D eigenvalue weighted by molar-refractivity contribution is 5.81. The van der Waals surface area contributed by atoms with Crippen molar-refractivity contribution in [2.75, 3.05) is 0 Å². The van der Waals surface area contributed by atoms with Crippen LogP contribution < -0.4 is 15.9 Å². The van der Waals surface area contributed by atoms with Crippen LogP contribution in [0.3, 0.4) is 0 Å². The highest BCUT2D eigenvalue weighted by atomic mass is 16.5. The Kier molecular flexibility index (Phi) is 3.35. The number of aryl methyl sites for hydroxylation is 2. The molecule has 0 saturated heterocycles. The summed E-state index contributed by atoms with van der Waals surface area (Å²) >= 11 is 0. The van der Waals surface area contributed by atoms with Crippen molar-refractivity contribution < 1.29 is 13.9 Å². The molecule has 0 aliphatic carbocycles. The summed E-state index contributed by atoms with van der Waals surface area (Å²) in [7, 11) is 1.67. The Hall–Kier alpha value is -3.15. The average molecular weight is 337 g/mol. The highest BCUT2D eigenvalue weighted by Crippen LogP contribution is 2.36. The van der Waals surface area contributed by atoms with Gasteiger partial charge in [0.25, 0.3) is 5.56 Å². The quantitative estimate of drug-likeness (QED) is 0.636. The highest BCUT2D eigenvalue weighted by Gasteiger charge is 2.34. The standard InChI is InChI=1S/C19H15NO5/c1-10-7-15-17(19(23)24-10)12(9-16(21)25-15)13-8-11-5-3-4-6-14(11)20(2)18(13)22/h3-8,12H,9H2,1-2H3. The second-order valence-electron chi connectivity index (χ2n) is 6.18. The molecule has 0 saturated carbocycles. The van der Waals surface area contributed by atoms with Gasteiger partial charge in [-0.25, -0.2) is 4.79 Å². The Bertz CT molecular complexity index is 1140. The molecule has 126 valence electrons. The molecule has 1 aliphatic rings. The minimum atomic E-state index is -0.684. The molecule has 1 unspecified atom stereocenters. The third-order valence-corrected chi connectivity index (χ3v) is 4.55. The summed E-state index contributed by atoms with van der Waals surface area (Å²) in [6, 6.07) is 10.7. The molecule has 0 spiro atoms. The fraction of sp³-hybridized carbons (Fsp3) is 0.211. The number of rotatable bonds is 1. The van der Waals surface area contributed by atoms with Crippen molar-refractivity contribution >= 4 is 16.9 Å². The first kappa shape index (κ1) is 15.4. The molecule has 0 radical (unpaired) electrons. The second kappa shape index (κ2) is 5.44. The fourth-order valence-corrected chi connectivity index (χ4v) is 3.39. The van der Waals surface area contributed by atoms with Crippen molar-refractivity contribution in [2.45, 2.75) is 19.3 Å². The Morgan fingerprint density at radius 2 is 1.88 bits per heavy atom. The van der Waals surface area contributed by atoms with Gasteiger partial charge in [-0.05, 0) is 24.4 Å². The van der Waals surface area contributed by atoms with Gasteiger partial charge < -0.3 is 13.7 Å². The van der Waals surface area contributed by atoms with E-state index in [0.29, 0.717) is 11.3 Å². The average Bonchev–Trinajstić information content (AvgIpc) is 2.56. The lowest BCUT2D eigenvalue weighted by Gasteiger charge is -2.23. The van der Waals surface area contributed by atoms with E-state index in [1.54, 1.807) is 20.0 Å². The number of benzene rings is 1. The van der Waals surface area contributed by atoms with Crippen LogP contribution in [0.5, 0.6) is 5.75 Å². The van der Waals surface area contributed by atoms with E-state index < -0.39 is 17.5 Å². The molecule has 25 heavy (non-hydrogen) atoms. The number of carbonyl (C=O) groups is 1. The molecule has 3 heterocycles. The molecule has 6 nitrogen and oxygen atoms in total. The lowest BCUT2D eigenvalue weighted by molar-refractivity contribution is -0.135. The first-order chi connectivity index (χ1) is 12.0. The smallest absolute Gasteiger partial charge is 0.343 e. The number of aromatic nitrogens is 1. The normalized spacial score (nSPS) is 16.6. The topological polar surface area (TPSA) is 78.5 Å². The zero-order chi connectivity index (χ0) is 17.7. The number of carbonyl (C=O) groups excluding carboxylic acids is 1. The van der Waals surface area contributed by atoms with Gasteiger partial charge in [0.15, 0.2) is 0 Å². The van der Waals surface area contributed by atoms with E-state index in [9.17, 15) is 14.4 Å². The van der Waals surface area contributed by atoms with E-state index >= 15 is 0 Å². The van der Waals surface area contributed by atoms with Crippen molar-refractivity contribution in [2.24, 2.45) is 7.05 Å². The second-order valence-corrected chi connectivity index (χ2v) is 6.18. The first-order valence-electron chi connectivity index (χ1n) is 7.89. The van der Waals surface area contributed by atoms with Crippen molar-refractivity contribution in [1.29, 1.82) is 0 Å². The molecular formula is C19H15NO5. The Labute approximate surface area is 142 Å². The van der Waals surface area contributed by atoms with Crippen molar-refractivity contribution in [3.05, 3.63) is 74.1 Å². The van der Waals surface area contributed by atoms with Crippen LogP contribution in [0.1, 0.15) is 29.2 Å². The van der Waals surface area contributed by atoms with E-state index in [1.165, 1.54) is 10.6 Å². The lowest BCUT2D eigenvalue weighted by Crippen LogP contribution is -2.31. The Morgan fingerprint density at radius 3 is 2.68 bits per heavy atom. The van der Waals surface area contributed by atoms with Crippen LogP contribution in [-0.4, -0.2) is 10.5 Å². The maximum absolute atomic E-state index is 12.9. The summed E-state index contributed by atoms with van der Waals surface area (Å²) in [5.41, 5.74) is 0.561. The number of para-hydroxylation sites is 1. The van der Waals surface area contributed by atoms with E-state index in [-0.39, 0.29) is 23.3 Å². The van der Waals surface area contributed by atoms with Crippen LogP contribution in [0.25, 0.3) is 10.9 Å². The number of hydrogen-bond donors (Lipinski definition) is 0. The molecule has 1 aliphatic heterocycles. The molecule has 0 bridgehead atoms. The first-order valence-corrected chi connectivity index (χ1v) is 7.89. The predicted molar refractivity (Wildman–Crippen MR) is 91.0 cm³/mol. The summed E-state index contributed by atoms with van der Waals surface area (Å²) in [4.78, 5) is 37.3. The summed E-state index contributed by atoms with van der Waals surface area (Å²) in [5, 5.41) is 0.858. The third kappa shape index (κ3) is 2.38. The van der Waals surface area contributed by atoms with Crippen LogP contribution in [0.4, 0.5) is 0 Å². The SMILES string of the molecule is Cc1cc2c(c(=O)o1)C(c1cc3ccccc3n(C)c1=O)CC(=O)O2. The van der Waals surface area contributed by atoms with Crippen molar-refractivity contribution in [1.82, 2.24) is 4.57 Å². The molecule has 0 fully saturated rings. The van der Waals surface area contributed by atoms with E-state index in [4.69, 9.17) is 9.15 Å². The van der Waals surface area contributed by atoms with Gasteiger partial charge in [-0.1, -0.05) is 18.2 Å². The lowest BCUT2D eigenvalue weighted by atomic mass is 9.87. The molecule has 1 aromatic carbocycles. The predicted octanol–water partition coefficient (Wildman–Crippen LogP) is 2.24. The molecule has 6 heteroatoms. The molecular weight excluding hydrogens is 322 g/mol. The van der Waals surface area contributed by atoms with Crippen LogP contribution in [-0.2, 0) is 11.8 Å². The van der Waals surface area contributed by atoms with E-state index in [2.05, 4.69) is 0 Å². The molecule has 2 aromatic heterocycles. The van der Waals surface area contributed by atoms with Gasteiger partial charge in [-0.15, -0.1) is 0 Å². The fourth-order valence-electron chi connectivity index (χ4n) is 3.39. The number of esters is 1. The molecule has 3 aromatic rings. The van der Waals surface area contributed by atoms with Crippen LogP contribution >= 0.6 is 0 Å². The van der Waals surface area contributed by atoms with Crippen LogP contribution in [0.2, 0.25) is 0 Å². The third-order valence-electron chi connectivity index (χ3n) is 4.55. The maximum atomic E-state index is 12.9. The van der Waals surface area contributed by atoms with Gasteiger partial charge in [-0.3, -0.25) is 9.59 Å². The summed E-state index contributed by atoms with van der Waals surface area (Å²) in [6.45, 7) is 1.61. The summed E-state index contributed by atoms with van der Waals surface area (Å²) < 4.78 is 11.9.